The molecule has 0 spiro atoms. The molecule has 1 aromatic heterocycles. The van der Waals surface area contributed by atoms with Crippen LogP contribution in [0.25, 0.3) is 0 Å². The monoisotopic (exact) mass is 295 g/mol. The number of rotatable bonds is 6. The van der Waals surface area contributed by atoms with Crippen LogP contribution >= 0.6 is 0 Å². The van der Waals surface area contributed by atoms with Crippen molar-refractivity contribution in [3.05, 3.63) is 30.1 Å². The highest BCUT2D eigenvalue weighted by Gasteiger charge is 2.38. The standard InChI is InChI=1S/C14H21N3O2S/c1-20(18,19)17(9-13-4-6-15-7-5-13)14-10-16(11-14)8-12-2-3-12/h4-7,12,14H,2-3,8-11H2,1H3. The first kappa shape index (κ1) is 14.0. The molecule has 1 saturated heterocycles. The van der Waals surface area contributed by atoms with Gasteiger partial charge in [0.25, 0.3) is 0 Å². The first-order valence-corrected chi connectivity index (χ1v) is 8.95. The second kappa shape index (κ2) is 5.42. The maximum atomic E-state index is 12.0. The van der Waals surface area contributed by atoms with E-state index in [2.05, 4.69) is 9.88 Å². The molecule has 1 aliphatic heterocycles. The number of likely N-dealkylation sites (tertiary alicyclic amines) is 1. The number of nitrogens with zero attached hydrogens (tertiary/aromatic N) is 3. The molecule has 2 fully saturated rings. The van der Waals surface area contributed by atoms with E-state index in [-0.39, 0.29) is 6.04 Å². The molecule has 20 heavy (non-hydrogen) atoms. The first-order chi connectivity index (χ1) is 9.52. The Morgan fingerprint density at radius 1 is 1.30 bits per heavy atom. The summed E-state index contributed by atoms with van der Waals surface area (Å²) in [6.07, 6.45) is 7.39. The van der Waals surface area contributed by atoms with Gasteiger partial charge in [-0.1, -0.05) is 0 Å². The summed E-state index contributed by atoms with van der Waals surface area (Å²) in [4.78, 5) is 6.34. The van der Waals surface area contributed by atoms with Crippen molar-refractivity contribution in [2.45, 2.75) is 25.4 Å². The van der Waals surface area contributed by atoms with Gasteiger partial charge in [-0.3, -0.25) is 9.88 Å². The summed E-state index contributed by atoms with van der Waals surface area (Å²) in [6.45, 7) is 3.33. The molecule has 0 bridgehead atoms. The van der Waals surface area contributed by atoms with Gasteiger partial charge < -0.3 is 0 Å². The average Bonchev–Trinajstić information content (AvgIpc) is 3.15. The third kappa shape index (κ3) is 3.37. The van der Waals surface area contributed by atoms with Crippen LogP contribution in [0.5, 0.6) is 0 Å². The molecule has 0 atom stereocenters. The molecule has 0 amide bonds. The minimum atomic E-state index is -3.17. The van der Waals surface area contributed by atoms with E-state index in [1.54, 1.807) is 16.7 Å². The van der Waals surface area contributed by atoms with Gasteiger partial charge >= 0.3 is 0 Å². The van der Waals surface area contributed by atoms with E-state index in [0.29, 0.717) is 6.54 Å². The number of aromatic nitrogens is 1. The number of pyridine rings is 1. The van der Waals surface area contributed by atoms with Gasteiger partial charge in [0, 0.05) is 38.6 Å². The Hall–Kier alpha value is -0.980. The van der Waals surface area contributed by atoms with Gasteiger partial charge in [0.15, 0.2) is 0 Å². The van der Waals surface area contributed by atoms with E-state index in [1.165, 1.54) is 19.1 Å². The predicted octanol–water partition coefficient (Wildman–Crippen LogP) is 0.937. The van der Waals surface area contributed by atoms with Crippen LogP contribution in [0.4, 0.5) is 0 Å². The molecular weight excluding hydrogens is 274 g/mol. The highest BCUT2D eigenvalue weighted by atomic mass is 32.2. The van der Waals surface area contributed by atoms with Crippen molar-refractivity contribution in [1.29, 1.82) is 0 Å². The second-order valence-corrected chi connectivity index (χ2v) is 7.91. The summed E-state index contributed by atoms with van der Waals surface area (Å²) in [7, 11) is -3.17. The van der Waals surface area contributed by atoms with Gasteiger partial charge in [-0.2, -0.15) is 4.31 Å². The Bertz CT molecular complexity index is 551. The number of hydrogen-bond donors (Lipinski definition) is 0. The lowest BCUT2D eigenvalue weighted by molar-refractivity contribution is 0.0724. The third-order valence-corrected chi connectivity index (χ3v) is 5.35. The molecule has 110 valence electrons. The third-order valence-electron chi connectivity index (χ3n) is 4.07. The van der Waals surface area contributed by atoms with Crippen molar-refractivity contribution in [1.82, 2.24) is 14.2 Å². The smallest absolute Gasteiger partial charge is 0.211 e. The Balaban J connectivity index is 1.62. The largest absolute Gasteiger partial charge is 0.300 e. The van der Waals surface area contributed by atoms with Crippen LogP contribution in [-0.4, -0.2) is 54.5 Å². The number of sulfonamides is 1. The SMILES string of the molecule is CS(=O)(=O)N(Cc1ccncc1)C1CN(CC2CC2)C1. The average molecular weight is 295 g/mol. The Morgan fingerprint density at radius 2 is 1.95 bits per heavy atom. The van der Waals surface area contributed by atoms with Crippen LogP contribution in [-0.2, 0) is 16.6 Å². The van der Waals surface area contributed by atoms with E-state index >= 15 is 0 Å². The fraction of sp³-hybridized carbons (Fsp3) is 0.643. The first-order valence-electron chi connectivity index (χ1n) is 7.10. The molecule has 1 aromatic rings. The lowest BCUT2D eigenvalue weighted by Crippen LogP contribution is -2.60. The minimum Gasteiger partial charge on any atom is -0.300 e. The Labute approximate surface area is 120 Å². The van der Waals surface area contributed by atoms with Gasteiger partial charge in [-0.25, -0.2) is 8.42 Å². The van der Waals surface area contributed by atoms with E-state index in [0.717, 1.165) is 31.1 Å². The maximum absolute atomic E-state index is 12.0. The van der Waals surface area contributed by atoms with Gasteiger partial charge in [-0.05, 0) is 36.5 Å². The fourth-order valence-electron chi connectivity index (χ4n) is 2.72. The van der Waals surface area contributed by atoms with Crippen LogP contribution < -0.4 is 0 Å². The van der Waals surface area contributed by atoms with Crippen molar-refractivity contribution in [2.24, 2.45) is 5.92 Å². The lowest BCUT2D eigenvalue weighted by atomic mass is 10.1. The summed E-state index contributed by atoms with van der Waals surface area (Å²) in [5.74, 6) is 0.864. The summed E-state index contributed by atoms with van der Waals surface area (Å²) in [6, 6.07) is 3.87. The molecule has 2 heterocycles. The quantitative estimate of drug-likeness (QED) is 0.784. The van der Waals surface area contributed by atoms with Gasteiger partial charge in [0.2, 0.25) is 10.0 Å². The van der Waals surface area contributed by atoms with E-state index in [1.807, 2.05) is 12.1 Å². The minimum absolute atomic E-state index is 0.122. The van der Waals surface area contributed by atoms with Crippen molar-refractivity contribution < 1.29 is 8.42 Å². The molecule has 0 aromatic carbocycles. The highest BCUT2D eigenvalue weighted by molar-refractivity contribution is 7.88. The number of hydrogen-bond acceptors (Lipinski definition) is 4. The van der Waals surface area contributed by atoms with Crippen LogP contribution in [0.2, 0.25) is 0 Å². The van der Waals surface area contributed by atoms with Gasteiger partial charge in [0.05, 0.1) is 12.3 Å². The van der Waals surface area contributed by atoms with Crippen LogP contribution in [0.3, 0.4) is 0 Å². The van der Waals surface area contributed by atoms with Crippen molar-refractivity contribution in [2.75, 3.05) is 25.9 Å². The summed E-state index contributed by atoms with van der Waals surface area (Å²) < 4.78 is 25.6. The molecule has 6 heteroatoms. The normalized spacial score (nSPS) is 21.1. The molecule has 0 radical (unpaired) electrons. The zero-order valence-electron chi connectivity index (χ0n) is 11.8. The van der Waals surface area contributed by atoms with E-state index in [4.69, 9.17) is 0 Å². The summed E-state index contributed by atoms with van der Waals surface area (Å²) in [5.41, 5.74) is 0.992. The van der Waals surface area contributed by atoms with Crippen LogP contribution in [0.15, 0.2) is 24.5 Å². The van der Waals surface area contributed by atoms with E-state index < -0.39 is 10.0 Å². The maximum Gasteiger partial charge on any atom is 0.211 e. The van der Waals surface area contributed by atoms with Crippen molar-refractivity contribution in [3.63, 3.8) is 0 Å². The highest BCUT2D eigenvalue weighted by Crippen LogP contribution is 2.32. The molecular formula is C14H21N3O2S. The molecule has 1 aliphatic carbocycles. The molecule has 0 unspecified atom stereocenters. The predicted molar refractivity (Wildman–Crippen MR) is 77.6 cm³/mol. The lowest BCUT2D eigenvalue weighted by Gasteiger charge is -2.44. The molecule has 5 nitrogen and oxygen atoms in total. The fourth-order valence-corrected chi connectivity index (χ4v) is 3.78. The van der Waals surface area contributed by atoms with Gasteiger partial charge in [-0.15, -0.1) is 0 Å². The molecule has 1 saturated carbocycles. The Morgan fingerprint density at radius 3 is 2.50 bits per heavy atom. The second-order valence-electron chi connectivity index (χ2n) is 5.98. The van der Waals surface area contributed by atoms with Crippen molar-refractivity contribution >= 4 is 10.0 Å². The molecule has 3 rings (SSSR count). The van der Waals surface area contributed by atoms with Crippen LogP contribution in [0.1, 0.15) is 18.4 Å². The molecule has 0 N–H and O–H groups in total. The van der Waals surface area contributed by atoms with Crippen LogP contribution in [0, 0.1) is 5.92 Å². The van der Waals surface area contributed by atoms with E-state index in [9.17, 15) is 8.42 Å². The topological polar surface area (TPSA) is 53.5 Å². The van der Waals surface area contributed by atoms with Gasteiger partial charge in [0.1, 0.15) is 0 Å². The summed E-state index contributed by atoms with van der Waals surface area (Å²) in [5, 5.41) is 0. The zero-order chi connectivity index (χ0) is 14.2. The summed E-state index contributed by atoms with van der Waals surface area (Å²) >= 11 is 0. The molecule has 2 aliphatic rings. The zero-order valence-corrected chi connectivity index (χ0v) is 12.6. The van der Waals surface area contributed by atoms with Crippen molar-refractivity contribution in [3.8, 4) is 0 Å². The Kier molecular flexibility index (Phi) is 3.79.